The number of aryl methyl sites for hydroxylation is 1. The lowest BCUT2D eigenvalue weighted by atomic mass is 9.91. The summed E-state index contributed by atoms with van der Waals surface area (Å²) in [5.74, 6) is -0.0351. The van der Waals surface area contributed by atoms with E-state index in [1.807, 2.05) is 36.4 Å². The van der Waals surface area contributed by atoms with Crippen LogP contribution in [-0.4, -0.2) is 41.5 Å². The Morgan fingerprint density at radius 2 is 1.74 bits per heavy atom. The molecule has 0 bridgehead atoms. The molecule has 0 aliphatic heterocycles. The van der Waals surface area contributed by atoms with Gasteiger partial charge in [0.25, 0.3) is 5.56 Å². The van der Waals surface area contributed by atoms with Gasteiger partial charge >= 0.3 is 0 Å². The van der Waals surface area contributed by atoms with E-state index in [1.165, 1.54) is 4.57 Å². The Kier molecular flexibility index (Phi) is 8.75. The molecule has 3 aromatic rings. The molecule has 34 heavy (non-hydrogen) atoms. The third-order valence-corrected chi connectivity index (χ3v) is 5.18. The van der Waals surface area contributed by atoms with Crippen molar-refractivity contribution < 1.29 is 9.63 Å². The van der Waals surface area contributed by atoms with Gasteiger partial charge in [0.05, 0.1) is 0 Å². The van der Waals surface area contributed by atoms with E-state index in [2.05, 4.69) is 45.0 Å². The zero-order valence-corrected chi connectivity index (χ0v) is 18.9. The molecular formula is C24H29N7O3. The van der Waals surface area contributed by atoms with Gasteiger partial charge in [-0.2, -0.15) is 0 Å². The molecule has 1 atom stereocenters. The summed E-state index contributed by atoms with van der Waals surface area (Å²) in [5.41, 5.74) is 12.8. The van der Waals surface area contributed by atoms with Gasteiger partial charge in [-0.1, -0.05) is 60.7 Å². The average Bonchev–Trinajstić information content (AvgIpc) is 2.85. The number of carbonyl (C=O) groups is 1. The van der Waals surface area contributed by atoms with Crippen LogP contribution >= 0.6 is 0 Å². The molecule has 0 saturated heterocycles. The van der Waals surface area contributed by atoms with Crippen LogP contribution in [0.1, 0.15) is 28.9 Å². The minimum absolute atomic E-state index is 0.00558. The van der Waals surface area contributed by atoms with E-state index in [0.717, 1.165) is 11.1 Å². The lowest BCUT2D eigenvalue weighted by Crippen LogP contribution is -2.39. The van der Waals surface area contributed by atoms with Gasteiger partial charge in [0.2, 0.25) is 5.96 Å². The smallest absolute Gasteiger partial charge is 0.295 e. The molecule has 10 heteroatoms. The first-order chi connectivity index (χ1) is 16.5. The molecule has 0 fully saturated rings. The normalized spacial score (nSPS) is 11.6. The van der Waals surface area contributed by atoms with Crippen molar-refractivity contribution in [2.45, 2.75) is 19.0 Å². The van der Waals surface area contributed by atoms with Crippen LogP contribution in [0, 0.1) is 6.92 Å². The standard InChI is InChI=1S/C24H29N7O3/c1-17-14-28-22(23(33)31(17)21(16-32)27-12-13-34-30-24(25)26)29-15-20(18-8-4-2-5-9-18)19-10-6-3-7-11-19/h2-11,14,16,20-21,27H,12-13,15H2,1H3,(H,28,29)(H4,25,26,30). The maximum atomic E-state index is 13.2. The number of anilines is 1. The van der Waals surface area contributed by atoms with E-state index in [-0.39, 0.29) is 30.8 Å². The van der Waals surface area contributed by atoms with E-state index < -0.39 is 11.7 Å². The summed E-state index contributed by atoms with van der Waals surface area (Å²) < 4.78 is 1.35. The van der Waals surface area contributed by atoms with Gasteiger partial charge in [-0.3, -0.25) is 19.5 Å². The van der Waals surface area contributed by atoms with Crippen molar-refractivity contribution in [2.24, 2.45) is 16.6 Å². The van der Waals surface area contributed by atoms with Crippen LogP contribution in [0.3, 0.4) is 0 Å². The second kappa shape index (κ2) is 12.2. The third kappa shape index (κ3) is 6.42. The summed E-state index contributed by atoms with van der Waals surface area (Å²) in [7, 11) is 0. The predicted octanol–water partition coefficient (Wildman–Crippen LogP) is 1.29. The van der Waals surface area contributed by atoms with E-state index >= 15 is 0 Å². The summed E-state index contributed by atoms with van der Waals surface area (Å²) in [6.07, 6.45) is 1.30. The Bertz CT molecular complexity index is 1110. The molecule has 1 heterocycles. The van der Waals surface area contributed by atoms with Gasteiger partial charge in [0, 0.05) is 30.9 Å². The van der Waals surface area contributed by atoms with Gasteiger partial charge < -0.3 is 21.6 Å². The van der Waals surface area contributed by atoms with Gasteiger partial charge in [-0.05, 0) is 23.2 Å². The fourth-order valence-electron chi connectivity index (χ4n) is 3.59. The fraction of sp³-hybridized carbons (Fsp3) is 0.250. The molecule has 0 spiro atoms. The summed E-state index contributed by atoms with van der Waals surface area (Å²) in [5, 5.41) is 9.55. The lowest BCUT2D eigenvalue weighted by Gasteiger charge is -2.21. The number of guanidine groups is 1. The summed E-state index contributed by atoms with van der Waals surface area (Å²) in [6, 6.07) is 20.1. The first-order valence-corrected chi connectivity index (χ1v) is 10.8. The van der Waals surface area contributed by atoms with Gasteiger partial charge in [-0.25, -0.2) is 4.98 Å². The second-order valence-corrected chi connectivity index (χ2v) is 7.56. The van der Waals surface area contributed by atoms with Gasteiger partial charge in [-0.15, -0.1) is 0 Å². The molecule has 6 N–H and O–H groups in total. The molecule has 3 rings (SSSR count). The maximum Gasteiger partial charge on any atom is 0.295 e. The van der Waals surface area contributed by atoms with Gasteiger partial charge in [0.1, 0.15) is 12.8 Å². The minimum atomic E-state index is -0.905. The van der Waals surface area contributed by atoms with Crippen LogP contribution < -0.4 is 27.7 Å². The van der Waals surface area contributed by atoms with Crippen molar-refractivity contribution in [3.63, 3.8) is 0 Å². The van der Waals surface area contributed by atoms with Crippen molar-refractivity contribution in [2.75, 3.05) is 25.0 Å². The number of nitrogens with one attached hydrogen (secondary N) is 2. The average molecular weight is 464 g/mol. The topological polar surface area (TPSA) is 150 Å². The molecule has 10 nitrogen and oxygen atoms in total. The van der Waals surface area contributed by atoms with Crippen molar-refractivity contribution in [1.82, 2.24) is 14.9 Å². The van der Waals surface area contributed by atoms with Crippen LogP contribution in [0.5, 0.6) is 0 Å². The minimum Gasteiger partial charge on any atom is -0.392 e. The van der Waals surface area contributed by atoms with E-state index in [4.69, 9.17) is 16.3 Å². The Morgan fingerprint density at radius 1 is 1.12 bits per heavy atom. The Labute approximate surface area is 197 Å². The number of aromatic nitrogens is 2. The number of carbonyl (C=O) groups excluding carboxylic acids is 1. The fourth-order valence-corrected chi connectivity index (χ4v) is 3.59. The number of aldehydes is 1. The highest BCUT2D eigenvalue weighted by Gasteiger charge is 2.19. The lowest BCUT2D eigenvalue weighted by molar-refractivity contribution is -0.111. The molecule has 0 aliphatic carbocycles. The second-order valence-electron chi connectivity index (χ2n) is 7.56. The molecule has 0 saturated carbocycles. The number of hydrogen-bond donors (Lipinski definition) is 4. The number of nitrogens with two attached hydrogens (primary N) is 2. The van der Waals surface area contributed by atoms with Crippen LogP contribution in [0.4, 0.5) is 5.82 Å². The van der Waals surface area contributed by atoms with Crippen LogP contribution in [0.25, 0.3) is 0 Å². The van der Waals surface area contributed by atoms with Crippen LogP contribution in [0.2, 0.25) is 0 Å². The van der Waals surface area contributed by atoms with E-state index in [9.17, 15) is 9.59 Å². The number of benzene rings is 2. The Morgan fingerprint density at radius 3 is 2.29 bits per heavy atom. The van der Waals surface area contributed by atoms with Crippen LogP contribution in [0.15, 0.2) is 76.8 Å². The summed E-state index contributed by atoms with van der Waals surface area (Å²) in [4.78, 5) is 34.2. The highest BCUT2D eigenvalue weighted by molar-refractivity contribution is 5.74. The number of nitrogens with zero attached hydrogens (tertiary/aromatic N) is 3. The van der Waals surface area contributed by atoms with Crippen molar-refractivity contribution in [1.29, 1.82) is 0 Å². The maximum absolute atomic E-state index is 13.2. The number of hydrogen-bond acceptors (Lipinski definition) is 7. The highest BCUT2D eigenvalue weighted by atomic mass is 16.6. The first kappa shape index (κ1) is 24.5. The Balaban J connectivity index is 1.78. The quantitative estimate of drug-likeness (QED) is 0.103. The number of oxime groups is 1. The molecule has 0 radical (unpaired) electrons. The number of rotatable bonds is 12. The van der Waals surface area contributed by atoms with E-state index in [0.29, 0.717) is 18.5 Å². The monoisotopic (exact) mass is 463 g/mol. The SMILES string of the molecule is Cc1cnc(NCC(c2ccccc2)c2ccccc2)c(=O)n1C(C=O)NCCON=C(N)N. The van der Waals surface area contributed by atoms with Crippen molar-refractivity contribution >= 4 is 18.1 Å². The third-order valence-electron chi connectivity index (χ3n) is 5.18. The van der Waals surface area contributed by atoms with Gasteiger partial charge in [0.15, 0.2) is 12.1 Å². The summed E-state index contributed by atoms with van der Waals surface area (Å²) >= 11 is 0. The van der Waals surface area contributed by atoms with Crippen LogP contribution in [-0.2, 0) is 9.63 Å². The zero-order valence-electron chi connectivity index (χ0n) is 18.9. The predicted molar refractivity (Wildman–Crippen MR) is 131 cm³/mol. The molecule has 0 aliphatic rings. The van der Waals surface area contributed by atoms with Crippen molar-refractivity contribution in [3.05, 3.63) is 94.0 Å². The largest absolute Gasteiger partial charge is 0.392 e. The Hall–Kier alpha value is -4.18. The molecule has 0 amide bonds. The highest BCUT2D eigenvalue weighted by Crippen LogP contribution is 2.24. The first-order valence-electron chi connectivity index (χ1n) is 10.8. The van der Waals surface area contributed by atoms with E-state index in [1.54, 1.807) is 13.1 Å². The van der Waals surface area contributed by atoms with Crippen molar-refractivity contribution in [3.8, 4) is 0 Å². The molecule has 2 aromatic carbocycles. The molecule has 178 valence electrons. The summed E-state index contributed by atoms with van der Waals surface area (Å²) in [6.45, 7) is 2.51. The molecular weight excluding hydrogens is 434 g/mol. The zero-order chi connectivity index (χ0) is 24.3. The molecule has 1 unspecified atom stereocenters. The molecule has 1 aromatic heterocycles.